The van der Waals surface area contributed by atoms with Gasteiger partial charge in [0.1, 0.15) is 0 Å². The van der Waals surface area contributed by atoms with E-state index in [1.54, 1.807) is 0 Å². The minimum atomic E-state index is -0.0227. The molecule has 2 rings (SSSR count). The maximum absolute atomic E-state index is 12.5. The van der Waals surface area contributed by atoms with Gasteiger partial charge in [-0.2, -0.15) is 0 Å². The van der Waals surface area contributed by atoms with Gasteiger partial charge in [-0.25, -0.2) is 0 Å². The average Bonchev–Trinajstić information content (AvgIpc) is 2.67. The van der Waals surface area contributed by atoms with Gasteiger partial charge >= 0.3 is 0 Å². The van der Waals surface area contributed by atoms with Crippen LogP contribution in [0.5, 0.6) is 0 Å². The minimum absolute atomic E-state index is 0.0227. The van der Waals surface area contributed by atoms with Crippen LogP contribution in [-0.4, -0.2) is 42.4 Å². The number of nitrogens with zero attached hydrogens (tertiary/aromatic N) is 1. The first-order chi connectivity index (χ1) is 12.6. The first-order valence-corrected chi connectivity index (χ1v) is 10.1. The SMILES string of the molecule is CCCN(CCC)C(=O)CNc1cccc(C(=O)NC2CCCCC2)c1. The minimum Gasteiger partial charge on any atom is -0.376 e. The number of hydrogen-bond donors (Lipinski definition) is 2. The largest absolute Gasteiger partial charge is 0.376 e. The third kappa shape index (κ3) is 6.36. The van der Waals surface area contributed by atoms with E-state index in [1.165, 1.54) is 19.3 Å². The third-order valence-electron chi connectivity index (χ3n) is 4.85. The molecule has 0 heterocycles. The normalized spacial score (nSPS) is 14.7. The van der Waals surface area contributed by atoms with Crippen molar-refractivity contribution in [3.05, 3.63) is 29.8 Å². The Bertz CT molecular complexity index is 576. The lowest BCUT2D eigenvalue weighted by Gasteiger charge is -2.23. The summed E-state index contributed by atoms with van der Waals surface area (Å²) in [6, 6.07) is 7.71. The fourth-order valence-corrected chi connectivity index (χ4v) is 3.48. The summed E-state index contributed by atoms with van der Waals surface area (Å²) in [4.78, 5) is 26.7. The maximum atomic E-state index is 12.5. The number of hydrogen-bond acceptors (Lipinski definition) is 3. The fourth-order valence-electron chi connectivity index (χ4n) is 3.48. The highest BCUT2D eigenvalue weighted by molar-refractivity contribution is 5.95. The molecule has 1 aromatic carbocycles. The van der Waals surface area contributed by atoms with E-state index < -0.39 is 0 Å². The predicted octanol–water partition coefficient (Wildman–Crippen LogP) is 3.81. The molecule has 1 aliphatic carbocycles. The van der Waals surface area contributed by atoms with Crippen LogP contribution < -0.4 is 10.6 Å². The Balaban J connectivity index is 1.89. The van der Waals surface area contributed by atoms with Gasteiger partial charge in [0.2, 0.25) is 5.91 Å². The number of nitrogens with one attached hydrogen (secondary N) is 2. The molecule has 1 fully saturated rings. The van der Waals surface area contributed by atoms with Gasteiger partial charge in [0.25, 0.3) is 5.91 Å². The second-order valence-electron chi connectivity index (χ2n) is 7.12. The van der Waals surface area contributed by atoms with Gasteiger partial charge in [0.05, 0.1) is 6.54 Å². The molecule has 0 unspecified atom stereocenters. The number of rotatable bonds is 9. The summed E-state index contributed by atoms with van der Waals surface area (Å²) in [6.07, 6.45) is 7.73. The smallest absolute Gasteiger partial charge is 0.251 e. The molecule has 2 N–H and O–H groups in total. The van der Waals surface area contributed by atoms with E-state index in [4.69, 9.17) is 0 Å². The zero-order chi connectivity index (χ0) is 18.8. The number of anilines is 1. The molecular weight excluding hydrogens is 326 g/mol. The Morgan fingerprint density at radius 3 is 2.42 bits per heavy atom. The van der Waals surface area contributed by atoms with Crippen molar-refractivity contribution in [2.75, 3.05) is 25.0 Å². The molecule has 0 atom stereocenters. The average molecular weight is 360 g/mol. The van der Waals surface area contributed by atoms with Crippen molar-refractivity contribution in [2.45, 2.75) is 64.8 Å². The molecule has 144 valence electrons. The number of carbonyl (C=O) groups is 2. The van der Waals surface area contributed by atoms with Crippen LogP contribution in [0.25, 0.3) is 0 Å². The molecule has 1 saturated carbocycles. The Hall–Kier alpha value is -2.04. The summed E-state index contributed by atoms with van der Waals surface area (Å²) >= 11 is 0. The van der Waals surface area contributed by atoms with Crippen LogP contribution >= 0.6 is 0 Å². The van der Waals surface area contributed by atoms with Gasteiger partial charge in [0.15, 0.2) is 0 Å². The standard InChI is InChI=1S/C21H33N3O2/c1-3-13-24(14-4-2)20(25)16-22-19-12-8-9-17(15-19)21(26)23-18-10-6-5-7-11-18/h8-9,12,15,18,22H,3-7,10-11,13-14,16H2,1-2H3,(H,23,26). The van der Waals surface area contributed by atoms with Crippen LogP contribution in [0, 0.1) is 0 Å². The molecule has 0 aromatic heterocycles. The van der Waals surface area contributed by atoms with Crippen molar-refractivity contribution in [2.24, 2.45) is 0 Å². The van der Waals surface area contributed by atoms with Crippen molar-refractivity contribution in [3.63, 3.8) is 0 Å². The molecular formula is C21H33N3O2. The Labute approximate surface area is 157 Å². The number of amides is 2. The molecule has 0 spiro atoms. The summed E-state index contributed by atoms with van der Waals surface area (Å²) in [6.45, 7) is 6.00. The molecule has 0 radical (unpaired) electrons. The summed E-state index contributed by atoms with van der Waals surface area (Å²) in [5, 5.41) is 6.31. The van der Waals surface area contributed by atoms with E-state index in [9.17, 15) is 9.59 Å². The van der Waals surface area contributed by atoms with Crippen molar-refractivity contribution in [1.82, 2.24) is 10.2 Å². The van der Waals surface area contributed by atoms with E-state index in [0.29, 0.717) is 11.6 Å². The number of benzene rings is 1. The van der Waals surface area contributed by atoms with Crippen LogP contribution in [0.1, 0.15) is 69.2 Å². The summed E-state index contributed by atoms with van der Waals surface area (Å²) in [5.74, 6) is 0.0798. The first kappa shape index (κ1) is 20.3. The highest BCUT2D eigenvalue weighted by atomic mass is 16.2. The lowest BCUT2D eigenvalue weighted by atomic mass is 9.95. The third-order valence-corrected chi connectivity index (χ3v) is 4.85. The maximum Gasteiger partial charge on any atom is 0.251 e. The Morgan fingerprint density at radius 1 is 1.08 bits per heavy atom. The quantitative estimate of drug-likeness (QED) is 0.705. The van der Waals surface area contributed by atoms with Crippen LogP contribution in [0.2, 0.25) is 0 Å². The van der Waals surface area contributed by atoms with Gasteiger partial charge in [-0.3, -0.25) is 9.59 Å². The highest BCUT2D eigenvalue weighted by Crippen LogP contribution is 2.18. The van der Waals surface area contributed by atoms with E-state index in [0.717, 1.165) is 44.5 Å². The lowest BCUT2D eigenvalue weighted by molar-refractivity contribution is -0.129. The van der Waals surface area contributed by atoms with E-state index >= 15 is 0 Å². The van der Waals surface area contributed by atoms with Gasteiger partial charge in [0, 0.05) is 30.4 Å². The summed E-state index contributed by atoms with van der Waals surface area (Å²) < 4.78 is 0. The van der Waals surface area contributed by atoms with Crippen molar-refractivity contribution < 1.29 is 9.59 Å². The molecule has 26 heavy (non-hydrogen) atoms. The summed E-state index contributed by atoms with van der Waals surface area (Å²) in [5.41, 5.74) is 1.45. The second kappa shape index (κ2) is 10.8. The highest BCUT2D eigenvalue weighted by Gasteiger charge is 2.17. The zero-order valence-corrected chi connectivity index (χ0v) is 16.2. The zero-order valence-electron chi connectivity index (χ0n) is 16.2. The van der Waals surface area contributed by atoms with Crippen LogP contribution in [0.3, 0.4) is 0 Å². The molecule has 0 saturated heterocycles. The van der Waals surface area contributed by atoms with Crippen LogP contribution in [0.4, 0.5) is 5.69 Å². The van der Waals surface area contributed by atoms with Crippen LogP contribution in [-0.2, 0) is 4.79 Å². The Morgan fingerprint density at radius 2 is 1.77 bits per heavy atom. The van der Waals surface area contributed by atoms with E-state index in [-0.39, 0.29) is 18.4 Å². The topological polar surface area (TPSA) is 61.4 Å². The molecule has 1 aliphatic rings. The van der Waals surface area contributed by atoms with E-state index in [1.807, 2.05) is 29.2 Å². The molecule has 1 aromatic rings. The van der Waals surface area contributed by atoms with Crippen LogP contribution in [0.15, 0.2) is 24.3 Å². The van der Waals surface area contributed by atoms with Gasteiger partial charge < -0.3 is 15.5 Å². The second-order valence-corrected chi connectivity index (χ2v) is 7.12. The molecule has 0 aliphatic heterocycles. The lowest BCUT2D eigenvalue weighted by Crippen LogP contribution is -2.37. The van der Waals surface area contributed by atoms with Gasteiger partial charge in [-0.1, -0.05) is 39.2 Å². The predicted molar refractivity (Wildman–Crippen MR) is 106 cm³/mol. The fraction of sp³-hybridized carbons (Fsp3) is 0.619. The first-order valence-electron chi connectivity index (χ1n) is 10.1. The van der Waals surface area contributed by atoms with Crippen molar-refractivity contribution in [1.29, 1.82) is 0 Å². The molecule has 0 bridgehead atoms. The number of carbonyl (C=O) groups excluding carboxylic acids is 2. The molecule has 5 nitrogen and oxygen atoms in total. The van der Waals surface area contributed by atoms with Gasteiger partial charge in [-0.15, -0.1) is 0 Å². The monoisotopic (exact) mass is 359 g/mol. The Kier molecular flexibility index (Phi) is 8.45. The molecule has 2 amide bonds. The summed E-state index contributed by atoms with van der Waals surface area (Å²) in [7, 11) is 0. The molecule has 5 heteroatoms. The van der Waals surface area contributed by atoms with Crippen molar-refractivity contribution >= 4 is 17.5 Å². The van der Waals surface area contributed by atoms with Gasteiger partial charge in [-0.05, 0) is 43.9 Å². The van der Waals surface area contributed by atoms with Crippen molar-refractivity contribution in [3.8, 4) is 0 Å². The van der Waals surface area contributed by atoms with E-state index in [2.05, 4.69) is 24.5 Å².